The van der Waals surface area contributed by atoms with Crippen LogP contribution in [0.25, 0.3) is 5.52 Å². The number of esters is 2. The summed E-state index contributed by atoms with van der Waals surface area (Å²) in [5, 5.41) is 0. The van der Waals surface area contributed by atoms with Crippen molar-refractivity contribution in [1.29, 1.82) is 0 Å². The van der Waals surface area contributed by atoms with Crippen molar-refractivity contribution < 1.29 is 23.9 Å². The number of ketones is 1. The van der Waals surface area contributed by atoms with E-state index in [1.165, 1.54) is 11.8 Å². The highest BCUT2D eigenvalue weighted by Gasteiger charge is 2.28. The van der Waals surface area contributed by atoms with Gasteiger partial charge in [-0.1, -0.05) is 6.07 Å². The molecule has 2 heterocycles. The van der Waals surface area contributed by atoms with Gasteiger partial charge in [0.15, 0.2) is 5.78 Å². The fraction of sp³-hybridized carbons (Fsp3) is 0.353. The van der Waals surface area contributed by atoms with Crippen molar-refractivity contribution in [3.63, 3.8) is 0 Å². The van der Waals surface area contributed by atoms with Crippen LogP contribution in [0, 0.1) is 0 Å². The second-order valence-corrected chi connectivity index (χ2v) is 5.65. The first-order valence-corrected chi connectivity index (χ1v) is 8.80. The molecule has 0 unspecified atom stereocenters. The number of thioether (sulfide) groups is 1. The quantitative estimate of drug-likeness (QED) is 0.331. The molecule has 2 rings (SSSR count). The standard InChI is InChI=1S/C17H19NO5S/c1-4-22-13(20)10-12(19)15-16(24-3)14(17(21)23-5-2)11-8-6-7-9-18(11)15/h6-9H,4-5,10H2,1-3H3. The van der Waals surface area contributed by atoms with Crippen molar-refractivity contribution in [3.05, 3.63) is 35.7 Å². The molecule has 0 saturated heterocycles. The van der Waals surface area contributed by atoms with E-state index in [1.807, 2.05) is 0 Å². The zero-order valence-electron chi connectivity index (χ0n) is 13.8. The van der Waals surface area contributed by atoms with Crippen LogP contribution in [0.3, 0.4) is 0 Å². The first kappa shape index (κ1) is 18.1. The summed E-state index contributed by atoms with van der Waals surface area (Å²) in [6.45, 7) is 3.86. The molecule has 2 aromatic heterocycles. The lowest BCUT2D eigenvalue weighted by Crippen LogP contribution is -2.13. The Hall–Kier alpha value is -2.28. The maximum Gasteiger partial charge on any atom is 0.341 e. The number of aromatic nitrogens is 1. The molecule has 0 aliphatic carbocycles. The van der Waals surface area contributed by atoms with Gasteiger partial charge < -0.3 is 13.9 Å². The minimum atomic E-state index is -0.585. The third-order valence-electron chi connectivity index (χ3n) is 3.36. The Balaban J connectivity index is 2.59. The average Bonchev–Trinajstić information content (AvgIpc) is 2.89. The molecule has 0 atom stereocenters. The van der Waals surface area contributed by atoms with Crippen LogP contribution in [0.15, 0.2) is 29.3 Å². The molecule has 0 saturated carbocycles. The molecule has 0 aromatic carbocycles. The molecule has 0 bridgehead atoms. The number of fused-ring (bicyclic) bond motifs is 1. The Labute approximate surface area is 144 Å². The Morgan fingerprint density at radius 2 is 1.83 bits per heavy atom. The number of rotatable bonds is 7. The number of nitrogens with zero attached hydrogens (tertiary/aromatic N) is 1. The van der Waals surface area contributed by atoms with Crippen LogP contribution in [0.4, 0.5) is 0 Å². The van der Waals surface area contributed by atoms with Gasteiger partial charge in [0.1, 0.15) is 12.1 Å². The molecule has 0 N–H and O–H groups in total. The zero-order valence-corrected chi connectivity index (χ0v) is 14.6. The smallest absolute Gasteiger partial charge is 0.341 e. The van der Waals surface area contributed by atoms with E-state index in [0.29, 0.717) is 21.7 Å². The molecule has 0 aliphatic heterocycles. The molecule has 0 amide bonds. The van der Waals surface area contributed by atoms with Crippen LogP contribution in [-0.4, -0.2) is 41.6 Å². The van der Waals surface area contributed by atoms with Crippen LogP contribution in [0.1, 0.15) is 41.1 Å². The number of carbonyl (C=O) groups excluding carboxylic acids is 3. The molecule has 0 aliphatic rings. The van der Waals surface area contributed by atoms with E-state index in [0.717, 1.165) is 0 Å². The maximum atomic E-state index is 12.6. The summed E-state index contributed by atoms with van der Waals surface area (Å²) >= 11 is 1.28. The molecule has 7 heteroatoms. The molecule has 128 valence electrons. The molecule has 2 aromatic rings. The monoisotopic (exact) mass is 349 g/mol. The minimum Gasteiger partial charge on any atom is -0.466 e. The lowest BCUT2D eigenvalue weighted by molar-refractivity contribution is -0.141. The highest BCUT2D eigenvalue weighted by atomic mass is 32.2. The zero-order chi connectivity index (χ0) is 17.7. The van der Waals surface area contributed by atoms with Crippen molar-refractivity contribution in [2.24, 2.45) is 0 Å². The van der Waals surface area contributed by atoms with E-state index in [9.17, 15) is 14.4 Å². The highest BCUT2D eigenvalue weighted by Crippen LogP contribution is 2.32. The van der Waals surface area contributed by atoms with Gasteiger partial charge in [0.25, 0.3) is 0 Å². The summed E-state index contributed by atoms with van der Waals surface area (Å²) in [6.07, 6.45) is 3.10. The second kappa shape index (κ2) is 8.01. The predicted octanol–water partition coefficient (Wildman–Crippen LogP) is 2.97. The molecule has 0 fully saturated rings. The van der Waals surface area contributed by atoms with Gasteiger partial charge in [0.05, 0.1) is 29.2 Å². The molecule has 0 radical (unpaired) electrons. The van der Waals surface area contributed by atoms with Crippen molar-refractivity contribution in [2.75, 3.05) is 19.5 Å². The number of hydrogen-bond donors (Lipinski definition) is 0. The summed E-state index contributed by atoms with van der Waals surface area (Å²) in [6, 6.07) is 5.28. The maximum absolute atomic E-state index is 12.6. The molecule has 6 nitrogen and oxygen atoms in total. The Kier molecular flexibility index (Phi) is 6.03. The number of pyridine rings is 1. The van der Waals surface area contributed by atoms with Crippen LogP contribution >= 0.6 is 11.8 Å². The third kappa shape index (κ3) is 3.46. The van der Waals surface area contributed by atoms with Crippen LogP contribution in [0.5, 0.6) is 0 Å². The van der Waals surface area contributed by atoms with Gasteiger partial charge in [0, 0.05) is 6.20 Å². The number of carbonyl (C=O) groups is 3. The Morgan fingerprint density at radius 3 is 2.46 bits per heavy atom. The van der Waals surface area contributed by atoms with E-state index < -0.39 is 17.7 Å². The summed E-state index contributed by atoms with van der Waals surface area (Å²) in [7, 11) is 0. The fourth-order valence-corrected chi connectivity index (χ4v) is 3.27. The lowest BCUT2D eigenvalue weighted by Gasteiger charge is -2.05. The van der Waals surface area contributed by atoms with Gasteiger partial charge in [0.2, 0.25) is 0 Å². The molecular formula is C17H19NO5S. The first-order chi connectivity index (χ1) is 11.5. The molecular weight excluding hydrogens is 330 g/mol. The predicted molar refractivity (Wildman–Crippen MR) is 90.7 cm³/mol. The normalized spacial score (nSPS) is 10.6. The van der Waals surface area contributed by atoms with Crippen molar-refractivity contribution in [1.82, 2.24) is 4.40 Å². The van der Waals surface area contributed by atoms with Gasteiger partial charge in [-0.25, -0.2) is 4.79 Å². The Morgan fingerprint density at radius 1 is 1.12 bits per heavy atom. The number of ether oxygens (including phenoxy) is 2. The first-order valence-electron chi connectivity index (χ1n) is 7.58. The molecule has 0 spiro atoms. The summed E-state index contributed by atoms with van der Waals surface area (Å²) in [5.74, 6) is -1.46. The van der Waals surface area contributed by atoms with Crippen LogP contribution in [0.2, 0.25) is 0 Å². The van der Waals surface area contributed by atoms with E-state index in [1.54, 1.807) is 48.9 Å². The van der Waals surface area contributed by atoms with Crippen molar-refractivity contribution in [3.8, 4) is 0 Å². The minimum absolute atomic E-state index is 0.213. The van der Waals surface area contributed by atoms with Gasteiger partial charge in [-0.15, -0.1) is 11.8 Å². The van der Waals surface area contributed by atoms with Gasteiger partial charge in [-0.3, -0.25) is 9.59 Å². The third-order valence-corrected chi connectivity index (χ3v) is 4.16. The summed E-state index contributed by atoms with van der Waals surface area (Å²) in [5.41, 5.74) is 1.22. The van der Waals surface area contributed by atoms with Gasteiger partial charge in [-0.2, -0.15) is 0 Å². The average molecular weight is 349 g/mol. The van der Waals surface area contributed by atoms with E-state index in [4.69, 9.17) is 9.47 Å². The van der Waals surface area contributed by atoms with Crippen LogP contribution < -0.4 is 0 Å². The van der Waals surface area contributed by atoms with E-state index in [2.05, 4.69) is 0 Å². The lowest BCUT2D eigenvalue weighted by atomic mass is 10.2. The highest BCUT2D eigenvalue weighted by molar-refractivity contribution is 7.98. The van der Waals surface area contributed by atoms with E-state index >= 15 is 0 Å². The van der Waals surface area contributed by atoms with Crippen molar-refractivity contribution in [2.45, 2.75) is 25.2 Å². The second-order valence-electron chi connectivity index (χ2n) is 4.84. The Bertz CT molecular complexity index is 781. The fourth-order valence-electron chi connectivity index (χ4n) is 2.47. The van der Waals surface area contributed by atoms with E-state index in [-0.39, 0.29) is 19.6 Å². The summed E-state index contributed by atoms with van der Waals surface area (Å²) in [4.78, 5) is 37.1. The number of Topliss-reactive ketones (excluding diaryl/α,β-unsaturated/α-hetero) is 1. The van der Waals surface area contributed by atoms with Crippen LogP contribution in [-0.2, 0) is 14.3 Å². The van der Waals surface area contributed by atoms with Gasteiger partial charge in [-0.05, 0) is 32.2 Å². The number of hydrogen-bond acceptors (Lipinski definition) is 6. The topological polar surface area (TPSA) is 74.1 Å². The largest absolute Gasteiger partial charge is 0.466 e. The summed E-state index contributed by atoms with van der Waals surface area (Å²) < 4.78 is 11.6. The van der Waals surface area contributed by atoms with Crippen molar-refractivity contribution >= 4 is 35.0 Å². The molecule has 24 heavy (non-hydrogen) atoms. The SMILES string of the molecule is CCOC(=O)CC(=O)c1c(SC)c(C(=O)OCC)c2ccccn12. The van der Waals surface area contributed by atoms with Gasteiger partial charge >= 0.3 is 11.9 Å².